The number of nitrogens with zero attached hydrogens (tertiary/aromatic N) is 1. The number of nitrogens with one attached hydrogen (secondary N) is 1. The van der Waals surface area contributed by atoms with Crippen LogP contribution in [0.5, 0.6) is 5.75 Å². The highest BCUT2D eigenvalue weighted by Crippen LogP contribution is 2.28. The Kier molecular flexibility index (Phi) is 7.16. The number of benzene rings is 2. The van der Waals surface area contributed by atoms with Gasteiger partial charge in [-0.2, -0.15) is 4.31 Å². The Morgan fingerprint density at radius 1 is 1.10 bits per heavy atom. The second-order valence-electron chi connectivity index (χ2n) is 6.88. The Hall–Kier alpha value is -2.09. The Bertz CT molecular complexity index is 970. The van der Waals surface area contributed by atoms with Gasteiger partial charge in [0.15, 0.2) is 0 Å². The summed E-state index contributed by atoms with van der Waals surface area (Å²) in [6, 6.07) is 11.4. The standard InChI is InChI=1S/C21H25ClN2O4S/c1-2-28-18-9-7-8-17(15-18)23-21(25)16-10-11-19(22)20(14-16)29(26,27)24-12-5-3-4-6-13-24/h7-11,14-15H,2-6,12-13H2,1H3,(H,23,25). The van der Waals surface area contributed by atoms with Gasteiger partial charge < -0.3 is 10.1 Å². The van der Waals surface area contributed by atoms with Crippen molar-refractivity contribution in [2.45, 2.75) is 37.5 Å². The van der Waals surface area contributed by atoms with E-state index in [0.29, 0.717) is 31.1 Å². The number of amides is 1. The first-order chi connectivity index (χ1) is 13.9. The molecular formula is C21H25ClN2O4S. The maximum Gasteiger partial charge on any atom is 0.255 e. The molecule has 0 aromatic heterocycles. The van der Waals surface area contributed by atoms with Crippen molar-refractivity contribution in [3.8, 4) is 5.75 Å². The number of ether oxygens (including phenoxy) is 1. The Balaban J connectivity index is 1.84. The maximum atomic E-state index is 13.1. The third-order valence-electron chi connectivity index (χ3n) is 4.78. The molecule has 8 heteroatoms. The van der Waals surface area contributed by atoms with E-state index in [9.17, 15) is 13.2 Å². The van der Waals surface area contributed by atoms with Gasteiger partial charge in [0.2, 0.25) is 10.0 Å². The zero-order valence-electron chi connectivity index (χ0n) is 16.4. The normalized spacial score (nSPS) is 15.5. The van der Waals surface area contributed by atoms with E-state index in [4.69, 9.17) is 16.3 Å². The van der Waals surface area contributed by atoms with Crippen molar-refractivity contribution >= 4 is 33.2 Å². The van der Waals surface area contributed by atoms with Gasteiger partial charge in [-0.15, -0.1) is 0 Å². The quantitative estimate of drug-likeness (QED) is 0.720. The topological polar surface area (TPSA) is 75.7 Å². The molecule has 0 atom stereocenters. The average Bonchev–Trinajstić information content (AvgIpc) is 2.99. The summed E-state index contributed by atoms with van der Waals surface area (Å²) in [5.41, 5.74) is 0.789. The Labute approximate surface area is 176 Å². The SMILES string of the molecule is CCOc1cccc(NC(=O)c2ccc(Cl)c(S(=O)(=O)N3CCCCCC3)c2)c1. The molecule has 29 heavy (non-hydrogen) atoms. The number of hydrogen-bond donors (Lipinski definition) is 1. The van der Waals surface area contributed by atoms with Crippen LogP contribution in [0, 0.1) is 0 Å². The minimum atomic E-state index is -3.76. The van der Waals surface area contributed by atoms with E-state index in [1.807, 2.05) is 6.92 Å². The first-order valence-corrected chi connectivity index (χ1v) is 11.6. The summed E-state index contributed by atoms with van der Waals surface area (Å²) in [4.78, 5) is 12.7. The molecule has 1 fully saturated rings. The van der Waals surface area contributed by atoms with E-state index >= 15 is 0 Å². The summed E-state index contributed by atoms with van der Waals surface area (Å²) < 4.78 is 33.1. The molecule has 2 aromatic carbocycles. The summed E-state index contributed by atoms with van der Waals surface area (Å²) in [6.07, 6.45) is 3.69. The molecule has 0 bridgehead atoms. The Morgan fingerprint density at radius 3 is 2.52 bits per heavy atom. The van der Waals surface area contributed by atoms with Crippen LogP contribution in [0.1, 0.15) is 43.0 Å². The van der Waals surface area contributed by atoms with Crippen LogP contribution in [-0.2, 0) is 10.0 Å². The smallest absolute Gasteiger partial charge is 0.255 e. The lowest BCUT2D eigenvalue weighted by Crippen LogP contribution is -2.32. The zero-order chi connectivity index (χ0) is 20.9. The summed E-state index contributed by atoms with van der Waals surface area (Å²) in [6.45, 7) is 3.34. The van der Waals surface area contributed by atoms with Crippen molar-refractivity contribution in [3.63, 3.8) is 0 Å². The highest BCUT2D eigenvalue weighted by Gasteiger charge is 2.28. The fourth-order valence-corrected chi connectivity index (χ4v) is 5.31. The van der Waals surface area contributed by atoms with Crippen LogP contribution in [0.2, 0.25) is 5.02 Å². The third kappa shape index (κ3) is 5.29. The highest BCUT2D eigenvalue weighted by atomic mass is 35.5. The monoisotopic (exact) mass is 436 g/mol. The van der Waals surface area contributed by atoms with Crippen molar-refractivity contribution in [2.24, 2.45) is 0 Å². The van der Waals surface area contributed by atoms with Gasteiger partial charge in [0.05, 0.1) is 11.6 Å². The predicted molar refractivity (Wildman–Crippen MR) is 114 cm³/mol. The molecule has 3 rings (SSSR count). The van der Waals surface area contributed by atoms with Gasteiger partial charge in [-0.25, -0.2) is 8.42 Å². The molecule has 1 aliphatic heterocycles. The number of carbonyl (C=O) groups is 1. The van der Waals surface area contributed by atoms with Gasteiger partial charge in [-0.1, -0.05) is 30.5 Å². The van der Waals surface area contributed by atoms with E-state index in [1.54, 1.807) is 24.3 Å². The molecule has 0 radical (unpaired) electrons. The number of carbonyl (C=O) groups excluding carboxylic acids is 1. The molecule has 156 valence electrons. The number of rotatable bonds is 6. The van der Waals surface area contributed by atoms with Gasteiger partial charge >= 0.3 is 0 Å². The third-order valence-corrected chi connectivity index (χ3v) is 7.16. The first-order valence-electron chi connectivity index (χ1n) is 9.75. The molecule has 0 unspecified atom stereocenters. The average molecular weight is 437 g/mol. The van der Waals surface area contributed by atoms with Crippen molar-refractivity contribution in [1.82, 2.24) is 4.31 Å². The summed E-state index contributed by atoms with van der Waals surface area (Å²) >= 11 is 6.21. The fourth-order valence-electron chi connectivity index (χ4n) is 3.30. The fraction of sp³-hybridized carbons (Fsp3) is 0.381. The summed E-state index contributed by atoms with van der Waals surface area (Å²) in [5.74, 6) is 0.230. The molecule has 1 saturated heterocycles. The van der Waals surface area contributed by atoms with E-state index in [2.05, 4.69) is 5.32 Å². The minimum absolute atomic E-state index is 0.0308. The highest BCUT2D eigenvalue weighted by molar-refractivity contribution is 7.89. The molecule has 1 amide bonds. The lowest BCUT2D eigenvalue weighted by Gasteiger charge is -2.21. The second-order valence-corrected chi connectivity index (χ2v) is 9.19. The van der Waals surface area contributed by atoms with Crippen molar-refractivity contribution in [2.75, 3.05) is 25.0 Å². The summed E-state index contributed by atoms with van der Waals surface area (Å²) in [5, 5.41) is 2.89. The number of hydrogen-bond acceptors (Lipinski definition) is 4. The van der Waals surface area contributed by atoms with Crippen LogP contribution in [0.4, 0.5) is 5.69 Å². The van der Waals surface area contributed by atoms with Crippen LogP contribution in [0.25, 0.3) is 0 Å². The lowest BCUT2D eigenvalue weighted by atomic mass is 10.2. The molecular weight excluding hydrogens is 412 g/mol. The predicted octanol–water partition coefficient (Wildman–Crippen LogP) is 4.56. The summed E-state index contributed by atoms with van der Waals surface area (Å²) in [7, 11) is -3.76. The molecule has 0 aliphatic carbocycles. The van der Waals surface area contributed by atoms with Crippen molar-refractivity contribution < 1.29 is 17.9 Å². The van der Waals surface area contributed by atoms with E-state index < -0.39 is 15.9 Å². The zero-order valence-corrected chi connectivity index (χ0v) is 17.9. The van der Waals surface area contributed by atoms with Crippen molar-refractivity contribution in [3.05, 3.63) is 53.1 Å². The van der Waals surface area contributed by atoms with Gasteiger partial charge in [-0.05, 0) is 50.1 Å². The Morgan fingerprint density at radius 2 is 1.83 bits per heavy atom. The molecule has 1 aliphatic rings. The number of sulfonamides is 1. The molecule has 0 saturated carbocycles. The van der Waals surface area contributed by atoms with Crippen LogP contribution < -0.4 is 10.1 Å². The van der Waals surface area contributed by atoms with Crippen LogP contribution in [0.15, 0.2) is 47.4 Å². The minimum Gasteiger partial charge on any atom is -0.494 e. The molecule has 2 aromatic rings. The number of halogens is 1. The molecule has 1 N–H and O–H groups in total. The number of anilines is 1. The van der Waals surface area contributed by atoms with Crippen LogP contribution in [-0.4, -0.2) is 38.3 Å². The second kappa shape index (κ2) is 9.61. The molecule has 0 spiro atoms. The van der Waals surface area contributed by atoms with Gasteiger partial charge in [0.25, 0.3) is 5.91 Å². The van der Waals surface area contributed by atoms with Crippen LogP contribution >= 0.6 is 11.6 Å². The van der Waals surface area contributed by atoms with Crippen LogP contribution in [0.3, 0.4) is 0 Å². The van der Waals surface area contributed by atoms with Gasteiger partial charge in [-0.3, -0.25) is 4.79 Å². The van der Waals surface area contributed by atoms with E-state index in [1.165, 1.54) is 22.5 Å². The molecule has 1 heterocycles. The maximum absolute atomic E-state index is 13.1. The van der Waals surface area contributed by atoms with E-state index in [0.717, 1.165) is 25.7 Å². The first kappa shape index (κ1) is 21.6. The van der Waals surface area contributed by atoms with Crippen molar-refractivity contribution in [1.29, 1.82) is 0 Å². The lowest BCUT2D eigenvalue weighted by molar-refractivity contribution is 0.102. The van der Waals surface area contributed by atoms with Gasteiger partial charge in [0, 0.05) is 30.4 Å². The molecule has 6 nitrogen and oxygen atoms in total. The van der Waals surface area contributed by atoms with Gasteiger partial charge in [0.1, 0.15) is 10.6 Å². The largest absolute Gasteiger partial charge is 0.494 e. The van der Waals surface area contributed by atoms with E-state index in [-0.39, 0.29) is 15.5 Å².